The predicted molar refractivity (Wildman–Crippen MR) is 241 cm³/mol. The lowest BCUT2D eigenvalue weighted by Crippen LogP contribution is -2.16. The number of fused-ring (bicyclic) bond motifs is 7. The monoisotopic (exact) mass is 728 g/mol. The molecule has 11 rings (SSSR count). The third-order valence-corrected chi connectivity index (χ3v) is 12.2. The Morgan fingerprint density at radius 2 is 0.965 bits per heavy atom. The topological polar surface area (TPSA) is 8.17 Å². The Hall–Kier alpha value is -7.16. The third-order valence-electron chi connectivity index (χ3n) is 12.2. The van der Waals surface area contributed by atoms with Gasteiger partial charge in [0.15, 0.2) is 0 Å². The van der Waals surface area contributed by atoms with Gasteiger partial charge in [0.25, 0.3) is 0 Å². The molecule has 0 saturated heterocycles. The molecule has 0 aliphatic heterocycles. The number of aromatic nitrogens is 1. The van der Waals surface area contributed by atoms with E-state index in [9.17, 15) is 0 Å². The summed E-state index contributed by atoms with van der Waals surface area (Å²) in [6.07, 6.45) is 0. The molecule has 270 valence electrons. The van der Waals surface area contributed by atoms with Crippen molar-refractivity contribution in [1.29, 1.82) is 0 Å². The maximum Gasteiger partial charge on any atom is 0.0547 e. The van der Waals surface area contributed by atoms with E-state index in [1.165, 1.54) is 88.5 Å². The van der Waals surface area contributed by atoms with Crippen molar-refractivity contribution in [3.63, 3.8) is 0 Å². The lowest BCUT2D eigenvalue weighted by molar-refractivity contribution is 0.660. The molecule has 0 bridgehead atoms. The van der Waals surface area contributed by atoms with E-state index in [0.29, 0.717) is 0 Å². The van der Waals surface area contributed by atoms with Gasteiger partial charge >= 0.3 is 0 Å². The summed E-state index contributed by atoms with van der Waals surface area (Å²) in [5, 5.41) is 4.97. The van der Waals surface area contributed by atoms with Gasteiger partial charge in [0.05, 0.1) is 28.1 Å². The Bertz CT molecular complexity index is 3100. The maximum absolute atomic E-state index is 2.49. The van der Waals surface area contributed by atoms with E-state index in [1.54, 1.807) is 0 Å². The normalized spacial score (nSPS) is 12.9. The molecule has 0 atom stereocenters. The van der Waals surface area contributed by atoms with Crippen LogP contribution in [0.1, 0.15) is 25.0 Å². The molecule has 1 heterocycles. The van der Waals surface area contributed by atoms with Crippen molar-refractivity contribution >= 4 is 49.6 Å². The number of para-hydroxylation sites is 3. The molecule has 0 fully saturated rings. The molecule has 0 N–H and O–H groups in total. The van der Waals surface area contributed by atoms with Gasteiger partial charge in [-0.2, -0.15) is 0 Å². The van der Waals surface area contributed by atoms with Crippen molar-refractivity contribution in [2.24, 2.45) is 0 Å². The lowest BCUT2D eigenvalue weighted by atomic mass is 9.82. The molecule has 57 heavy (non-hydrogen) atoms. The summed E-state index contributed by atoms with van der Waals surface area (Å²) < 4.78 is 2.45. The summed E-state index contributed by atoms with van der Waals surface area (Å²) in [7, 11) is 0. The van der Waals surface area contributed by atoms with Crippen LogP contribution in [0.25, 0.3) is 71.6 Å². The second-order valence-corrected chi connectivity index (χ2v) is 15.7. The van der Waals surface area contributed by atoms with Crippen LogP contribution in [0.4, 0.5) is 17.1 Å². The smallest absolute Gasteiger partial charge is 0.0547 e. The number of nitrogens with zero attached hydrogens (tertiary/aromatic N) is 2. The van der Waals surface area contributed by atoms with E-state index in [4.69, 9.17) is 0 Å². The van der Waals surface area contributed by atoms with Crippen LogP contribution in [-0.4, -0.2) is 4.57 Å². The van der Waals surface area contributed by atoms with Crippen LogP contribution in [0.3, 0.4) is 0 Å². The van der Waals surface area contributed by atoms with Gasteiger partial charge in [0.2, 0.25) is 0 Å². The lowest BCUT2D eigenvalue weighted by Gasteiger charge is -2.30. The van der Waals surface area contributed by atoms with Gasteiger partial charge in [0.1, 0.15) is 0 Å². The summed E-state index contributed by atoms with van der Waals surface area (Å²) in [6, 6.07) is 75.6. The van der Waals surface area contributed by atoms with E-state index in [1.807, 2.05) is 0 Å². The first kappa shape index (κ1) is 33.2. The van der Waals surface area contributed by atoms with Gasteiger partial charge in [-0.3, -0.25) is 0 Å². The van der Waals surface area contributed by atoms with Gasteiger partial charge in [0, 0.05) is 38.6 Å². The van der Waals surface area contributed by atoms with Crippen molar-refractivity contribution < 1.29 is 0 Å². The Morgan fingerprint density at radius 1 is 0.386 bits per heavy atom. The molecule has 0 amide bonds. The van der Waals surface area contributed by atoms with Crippen LogP contribution in [0.5, 0.6) is 0 Å². The highest BCUT2D eigenvalue weighted by Crippen LogP contribution is 2.55. The van der Waals surface area contributed by atoms with Crippen molar-refractivity contribution in [3.8, 4) is 39.1 Å². The van der Waals surface area contributed by atoms with E-state index >= 15 is 0 Å². The van der Waals surface area contributed by atoms with Crippen LogP contribution in [0.15, 0.2) is 206 Å². The molecule has 2 nitrogen and oxygen atoms in total. The summed E-state index contributed by atoms with van der Waals surface area (Å²) in [5.41, 5.74) is 17.0. The van der Waals surface area contributed by atoms with E-state index in [0.717, 1.165) is 11.4 Å². The van der Waals surface area contributed by atoms with E-state index in [2.05, 4.69) is 230 Å². The minimum atomic E-state index is -0.117. The van der Waals surface area contributed by atoms with Crippen LogP contribution >= 0.6 is 0 Å². The summed E-state index contributed by atoms with van der Waals surface area (Å²) in [5.74, 6) is 0. The number of anilines is 3. The van der Waals surface area contributed by atoms with Crippen molar-refractivity contribution in [1.82, 2.24) is 4.57 Å². The van der Waals surface area contributed by atoms with Crippen LogP contribution in [0, 0.1) is 0 Å². The Kier molecular flexibility index (Phi) is 7.55. The van der Waals surface area contributed by atoms with Gasteiger partial charge in [-0.25, -0.2) is 0 Å². The van der Waals surface area contributed by atoms with Crippen molar-refractivity contribution in [2.45, 2.75) is 19.3 Å². The van der Waals surface area contributed by atoms with Gasteiger partial charge in [-0.1, -0.05) is 178 Å². The number of hydrogen-bond donors (Lipinski definition) is 0. The first-order valence-corrected chi connectivity index (χ1v) is 19.9. The highest BCUT2D eigenvalue weighted by atomic mass is 15.1. The van der Waals surface area contributed by atoms with Crippen LogP contribution in [-0.2, 0) is 5.41 Å². The summed E-state index contributed by atoms with van der Waals surface area (Å²) in [6.45, 7) is 4.72. The molecule has 0 radical (unpaired) electrons. The molecular formula is C55H40N2. The molecule has 1 aromatic heterocycles. The standard InChI is InChI=1S/C55H40N2/c1-55(2)46-25-12-8-24-45(46)54-47(55)26-16-30-51(54)56(48-27-13-9-20-41(48)37-17-4-3-5-18-37)40-34-31-39(32-35-40)53-42-21-7-6-19-38(42)33-36-52(53)57-49-28-14-10-22-43(49)44-23-11-15-29-50(44)57/h3-36H,1-2H3. The highest BCUT2D eigenvalue weighted by Gasteiger charge is 2.38. The molecule has 9 aromatic carbocycles. The first-order valence-electron chi connectivity index (χ1n) is 19.9. The molecule has 1 aliphatic rings. The Morgan fingerprint density at radius 3 is 1.72 bits per heavy atom. The van der Waals surface area contributed by atoms with E-state index < -0.39 is 0 Å². The minimum absolute atomic E-state index is 0.117. The SMILES string of the molecule is CC1(C)c2ccccc2-c2c(N(c3ccc(-c4c(-n5c6ccccc6c6ccccc65)ccc5ccccc45)cc3)c3ccccc3-c3ccccc3)cccc21. The zero-order valence-corrected chi connectivity index (χ0v) is 32.0. The average Bonchev–Trinajstić information content (AvgIpc) is 3.73. The second kappa shape index (κ2) is 13.0. The van der Waals surface area contributed by atoms with Crippen LogP contribution < -0.4 is 4.90 Å². The Balaban J connectivity index is 1.15. The molecule has 0 unspecified atom stereocenters. The molecule has 0 spiro atoms. The fourth-order valence-electron chi connectivity index (χ4n) is 9.57. The third kappa shape index (κ3) is 5.11. The highest BCUT2D eigenvalue weighted by molar-refractivity contribution is 6.11. The first-order chi connectivity index (χ1) is 28.1. The van der Waals surface area contributed by atoms with E-state index in [-0.39, 0.29) is 5.41 Å². The minimum Gasteiger partial charge on any atom is -0.309 e. The number of rotatable bonds is 6. The summed E-state index contributed by atoms with van der Waals surface area (Å²) in [4.78, 5) is 2.49. The summed E-state index contributed by atoms with van der Waals surface area (Å²) >= 11 is 0. The zero-order valence-electron chi connectivity index (χ0n) is 32.0. The number of hydrogen-bond acceptors (Lipinski definition) is 1. The number of benzene rings is 9. The van der Waals surface area contributed by atoms with Crippen molar-refractivity contribution in [2.75, 3.05) is 4.90 Å². The molecule has 1 aliphatic carbocycles. The molecule has 2 heteroatoms. The van der Waals surface area contributed by atoms with Gasteiger partial charge in [-0.15, -0.1) is 0 Å². The van der Waals surface area contributed by atoms with Gasteiger partial charge in [-0.05, 0) is 81.1 Å². The fraction of sp³-hybridized carbons (Fsp3) is 0.0545. The predicted octanol–water partition coefficient (Wildman–Crippen LogP) is 15.0. The quantitative estimate of drug-likeness (QED) is 0.165. The largest absolute Gasteiger partial charge is 0.309 e. The zero-order chi connectivity index (χ0) is 38.1. The van der Waals surface area contributed by atoms with Gasteiger partial charge < -0.3 is 9.47 Å². The molecule has 10 aromatic rings. The maximum atomic E-state index is 2.49. The van der Waals surface area contributed by atoms with Crippen LogP contribution in [0.2, 0.25) is 0 Å². The molecule has 0 saturated carbocycles. The fourth-order valence-corrected chi connectivity index (χ4v) is 9.57. The van der Waals surface area contributed by atoms with Crippen molar-refractivity contribution in [3.05, 3.63) is 217 Å². The Labute approximate surface area is 333 Å². The average molecular weight is 729 g/mol. The molecular weight excluding hydrogens is 689 g/mol. The second-order valence-electron chi connectivity index (χ2n) is 15.7.